The molecule has 0 saturated carbocycles. The van der Waals surface area contributed by atoms with Gasteiger partial charge < -0.3 is 10.4 Å². The first kappa shape index (κ1) is 25.4. The van der Waals surface area contributed by atoms with Gasteiger partial charge in [-0.05, 0) is 51.4 Å². The van der Waals surface area contributed by atoms with E-state index in [9.17, 15) is 4.79 Å². The van der Waals surface area contributed by atoms with Crippen LogP contribution >= 0.6 is 0 Å². The lowest BCUT2D eigenvalue weighted by Crippen LogP contribution is -2.34. The Morgan fingerprint density at radius 2 is 1.52 bits per heavy atom. The molecule has 0 bridgehead atoms. The summed E-state index contributed by atoms with van der Waals surface area (Å²) in [5, 5.41) is 11.7. The van der Waals surface area contributed by atoms with Crippen LogP contribution in [0.2, 0.25) is 0 Å². The highest BCUT2D eigenvalue weighted by Gasteiger charge is 2.04. The molecule has 0 heterocycles. The number of nitrogens with one attached hydrogen (secondary N) is 1. The van der Waals surface area contributed by atoms with Crippen molar-refractivity contribution < 1.29 is 9.90 Å². The van der Waals surface area contributed by atoms with Crippen molar-refractivity contribution in [2.75, 3.05) is 6.61 Å². The molecule has 154 valence electrons. The van der Waals surface area contributed by atoms with E-state index in [1.165, 1.54) is 25.7 Å². The molecule has 3 nitrogen and oxygen atoms in total. The molecule has 0 aliphatic rings. The number of aliphatic hydroxyl groups excluding tert-OH is 1. The summed E-state index contributed by atoms with van der Waals surface area (Å²) in [6.45, 7) is 6.19. The van der Waals surface area contributed by atoms with Crippen LogP contribution in [-0.4, -0.2) is 23.7 Å². The number of hydrogen-bond donors (Lipinski definition) is 2. The minimum Gasteiger partial charge on any atom is -0.394 e. The third-order valence-electron chi connectivity index (χ3n) is 4.19. The zero-order valence-electron chi connectivity index (χ0n) is 17.7. The summed E-state index contributed by atoms with van der Waals surface area (Å²) in [7, 11) is 0. The molecule has 0 aromatic carbocycles. The van der Waals surface area contributed by atoms with Gasteiger partial charge in [-0.1, -0.05) is 75.3 Å². The molecular weight excluding hydrogens is 334 g/mol. The van der Waals surface area contributed by atoms with Crippen LogP contribution in [0.15, 0.2) is 48.6 Å². The Morgan fingerprint density at radius 3 is 2.22 bits per heavy atom. The summed E-state index contributed by atoms with van der Waals surface area (Å²) >= 11 is 0. The van der Waals surface area contributed by atoms with Crippen LogP contribution < -0.4 is 5.32 Å². The Hall–Kier alpha value is -1.61. The average molecular weight is 376 g/mol. The lowest BCUT2D eigenvalue weighted by Gasteiger charge is -2.09. The lowest BCUT2D eigenvalue weighted by molar-refractivity contribution is -0.122. The number of unbranched alkanes of at least 4 members (excludes halogenated alkanes) is 4. The fourth-order valence-corrected chi connectivity index (χ4v) is 2.52. The molecule has 3 heteroatoms. The number of allylic oxidation sites excluding steroid dienone is 8. The van der Waals surface area contributed by atoms with Gasteiger partial charge in [0.1, 0.15) is 0 Å². The molecule has 2 atom stereocenters. The zero-order chi connectivity index (χ0) is 20.2. The second kappa shape index (κ2) is 19.2. The summed E-state index contributed by atoms with van der Waals surface area (Å²) in [5.74, 6) is 0.431. The number of amides is 1. The van der Waals surface area contributed by atoms with E-state index in [-0.39, 0.29) is 18.6 Å². The molecule has 0 unspecified atom stereocenters. The molecule has 2 N–H and O–H groups in total. The zero-order valence-corrected chi connectivity index (χ0v) is 17.7. The van der Waals surface area contributed by atoms with Gasteiger partial charge in [0, 0.05) is 12.5 Å². The second-order valence-corrected chi connectivity index (χ2v) is 7.17. The van der Waals surface area contributed by atoms with E-state index in [4.69, 9.17) is 5.11 Å². The summed E-state index contributed by atoms with van der Waals surface area (Å²) in [4.78, 5) is 11.6. The molecule has 0 aromatic heterocycles. The first-order valence-corrected chi connectivity index (χ1v) is 10.6. The van der Waals surface area contributed by atoms with E-state index in [2.05, 4.69) is 67.8 Å². The number of carbonyl (C=O) groups is 1. The van der Waals surface area contributed by atoms with Crippen LogP contribution in [0.3, 0.4) is 0 Å². The molecule has 0 aliphatic carbocycles. The first-order chi connectivity index (χ1) is 13.1. The van der Waals surface area contributed by atoms with Gasteiger partial charge in [0.05, 0.1) is 6.61 Å². The van der Waals surface area contributed by atoms with Gasteiger partial charge in [-0.15, -0.1) is 0 Å². The predicted molar refractivity (Wildman–Crippen MR) is 118 cm³/mol. The Bertz CT molecular complexity index is 463. The van der Waals surface area contributed by atoms with Crippen LogP contribution in [-0.2, 0) is 4.79 Å². The van der Waals surface area contributed by atoms with Crippen molar-refractivity contribution in [3.8, 4) is 0 Å². The summed E-state index contributed by atoms with van der Waals surface area (Å²) < 4.78 is 0. The van der Waals surface area contributed by atoms with Gasteiger partial charge in [-0.3, -0.25) is 4.79 Å². The summed E-state index contributed by atoms with van der Waals surface area (Å²) in [5.41, 5.74) is 0. The molecule has 0 aromatic rings. The normalized spacial score (nSPS) is 14.7. The fourth-order valence-electron chi connectivity index (χ4n) is 2.52. The van der Waals surface area contributed by atoms with Crippen molar-refractivity contribution in [3.05, 3.63) is 48.6 Å². The summed E-state index contributed by atoms with van der Waals surface area (Å²) in [6, 6.07) is -0.158. The predicted octanol–water partition coefficient (Wildman–Crippen LogP) is 5.88. The minimum atomic E-state index is -0.158. The van der Waals surface area contributed by atoms with Gasteiger partial charge in [0.2, 0.25) is 5.91 Å². The molecule has 0 aliphatic heterocycles. The molecule has 0 fully saturated rings. The second-order valence-electron chi connectivity index (χ2n) is 7.17. The van der Waals surface area contributed by atoms with Gasteiger partial charge in [-0.2, -0.15) is 0 Å². The standard InChI is InChI=1S/C24H41NO2/c1-4-5-6-7-8-9-10-11-12-13-15-18-22(2)19-16-14-17-20-24(27)25-23(3)21-26/h8-9,11-12,15-16,18-19,22-23,26H,4-7,10,13-14,17,20-21H2,1-3H3,(H,25,27)/b9-8-,12-11-,18-15-,19-16-/t22-,23-/m1/s1. The topological polar surface area (TPSA) is 49.3 Å². The van der Waals surface area contributed by atoms with Gasteiger partial charge in [-0.25, -0.2) is 0 Å². The highest BCUT2D eigenvalue weighted by Crippen LogP contribution is 2.05. The Kier molecular flexibility index (Phi) is 18.0. The maximum Gasteiger partial charge on any atom is 0.220 e. The van der Waals surface area contributed by atoms with Gasteiger partial charge in [0.25, 0.3) is 0 Å². The van der Waals surface area contributed by atoms with E-state index < -0.39 is 0 Å². The highest BCUT2D eigenvalue weighted by atomic mass is 16.3. The van der Waals surface area contributed by atoms with Gasteiger partial charge >= 0.3 is 0 Å². The number of aliphatic hydroxyl groups is 1. The largest absolute Gasteiger partial charge is 0.394 e. The van der Waals surface area contributed by atoms with Crippen molar-refractivity contribution in [2.24, 2.45) is 5.92 Å². The van der Waals surface area contributed by atoms with Crippen molar-refractivity contribution in [2.45, 2.75) is 84.6 Å². The van der Waals surface area contributed by atoms with E-state index in [1.54, 1.807) is 6.92 Å². The summed E-state index contributed by atoms with van der Waals surface area (Å²) in [6.07, 6.45) is 27.1. The first-order valence-electron chi connectivity index (χ1n) is 10.6. The van der Waals surface area contributed by atoms with E-state index in [0.29, 0.717) is 12.3 Å². The maximum absolute atomic E-state index is 11.6. The third kappa shape index (κ3) is 19.0. The Balaban J connectivity index is 3.70. The average Bonchev–Trinajstić information content (AvgIpc) is 2.65. The van der Waals surface area contributed by atoms with Crippen LogP contribution in [0, 0.1) is 5.92 Å². The van der Waals surface area contributed by atoms with E-state index in [0.717, 1.165) is 25.7 Å². The van der Waals surface area contributed by atoms with Crippen LogP contribution in [0.4, 0.5) is 0 Å². The molecule has 1 amide bonds. The number of hydrogen-bond acceptors (Lipinski definition) is 2. The maximum atomic E-state index is 11.6. The molecular formula is C24H41NO2. The van der Waals surface area contributed by atoms with Crippen LogP contribution in [0.25, 0.3) is 0 Å². The number of rotatable bonds is 16. The Morgan fingerprint density at radius 1 is 0.889 bits per heavy atom. The molecule has 0 rings (SSSR count). The molecule has 0 saturated heterocycles. The van der Waals surface area contributed by atoms with E-state index >= 15 is 0 Å². The fraction of sp³-hybridized carbons (Fsp3) is 0.625. The molecule has 27 heavy (non-hydrogen) atoms. The Labute approximate surface area is 167 Å². The van der Waals surface area contributed by atoms with E-state index in [1.807, 2.05) is 0 Å². The van der Waals surface area contributed by atoms with Crippen molar-refractivity contribution in [1.82, 2.24) is 5.32 Å². The van der Waals surface area contributed by atoms with Crippen LogP contribution in [0.5, 0.6) is 0 Å². The van der Waals surface area contributed by atoms with Crippen molar-refractivity contribution in [1.29, 1.82) is 0 Å². The molecule has 0 spiro atoms. The van der Waals surface area contributed by atoms with Gasteiger partial charge in [0.15, 0.2) is 0 Å². The smallest absolute Gasteiger partial charge is 0.220 e. The monoisotopic (exact) mass is 375 g/mol. The highest BCUT2D eigenvalue weighted by molar-refractivity contribution is 5.76. The number of carbonyl (C=O) groups excluding carboxylic acids is 1. The SMILES string of the molecule is CCCCC/C=C\C/C=C\C/C=C\[C@@H](C)/C=C\CCCC(=O)N[C@H](C)CO. The van der Waals surface area contributed by atoms with Crippen molar-refractivity contribution in [3.63, 3.8) is 0 Å². The van der Waals surface area contributed by atoms with Crippen LogP contribution in [0.1, 0.15) is 78.6 Å². The quantitative estimate of drug-likeness (QED) is 0.262. The van der Waals surface area contributed by atoms with Crippen molar-refractivity contribution >= 4 is 5.91 Å². The lowest BCUT2D eigenvalue weighted by atomic mass is 10.1. The third-order valence-corrected chi connectivity index (χ3v) is 4.19. The minimum absolute atomic E-state index is 0.0135. The molecule has 0 radical (unpaired) electrons.